The van der Waals surface area contributed by atoms with Crippen LogP contribution < -0.4 is 5.73 Å². The number of nitriles is 1. The maximum atomic E-state index is 15.4. The normalized spacial score (nSPS) is 14.3. The van der Waals surface area contributed by atoms with Gasteiger partial charge in [-0.05, 0) is 56.9 Å². The lowest BCUT2D eigenvalue weighted by Gasteiger charge is -2.35. The van der Waals surface area contributed by atoms with E-state index in [0.717, 1.165) is 69.8 Å². The molecule has 11 heteroatoms. The van der Waals surface area contributed by atoms with Gasteiger partial charge in [0.15, 0.2) is 5.82 Å². The van der Waals surface area contributed by atoms with Crippen molar-refractivity contribution < 1.29 is 13.5 Å². The Labute approximate surface area is 295 Å². The van der Waals surface area contributed by atoms with Crippen LogP contribution >= 0.6 is 11.6 Å². The van der Waals surface area contributed by atoms with Crippen molar-refractivity contribution in [1.82, 2.24) is 19.8 Å². The van der Waals surface area contributed by atoms with Crippen LogP contribution in [0.5, 0.6) is 0 Å². The van der Waals surface area contributed by atoms with Crippen LogP contribution in [0.1, 0.15) is 75.0 Å². The highest BCUT2D eigenvalue weighted by Crippen LogP contribution is 2.30. The SMILES string of the molecule is CCC/C=C/C(=C\N=C(C)N1CCN(CCOCCN)CC1)c1nc2c(CCC)c(Cl)c(C)nc2cc1F.CCc1cc(C#N)ccc1F. The Bertz CT molecular complexity index is 1660. The molecule has 2 aromatic heterocycles. The summed E-state index contributed by atoms with van der Waals surface area (Å²) in [6.07, 6.45) is 9.86. The standard InChI is InChI=1S/C29H42ClFN6O.C9H8FN/c1-5-7-8-10-23(20-33-22(4)37-14-12-36(13-15-37)16-18-38-17-11-32)28-25(31)19-26-29(35-28)24(9-6-2)27(30)21(3)34-26;1-2-8-5-7(6-11)3-4-9(8)10/h8,10,19-20H,5-7,9,11-18,32H2,1-4H3;3-5H,2H2,1H3/b10-8+,23-20+,33-22?;. The molecule has 0 saturated carbocycles. The number of hydrogen-bond acceptors (Lipinski definition) is 7. The first-order valence-corrected chi connectivity index (χ1v) is 17.5. The third kappa shape index (κ3) is 11.7. The average molecular weight is 694 g/mol. The number of unbranched alkanes of at least 4 members (excludes halogenated alkanes) is 1. The van der Waals surface area contributed by atoms with E-state index in [1.165, 1.54) is 18.2 Å². The minimum atomic E-state index is -0.417. The molecule has 2 N–H and O–H groups in total. The van der Waals surface area contributed by atoms with Gasteiger partial charge in [0.25, 0.3) is 0 Å². The van der Waals surface area contributed by atoms with E-state index in [9.17, 15) is 4.39 Å². The summed E-state index contributed by atoms with van der Waals surface area (Å²) in [5.74, 6) is 0.255. The first-order valence-electron chi connectivity index (χ1n) is 17.2. The zero-order chi connectivity index (χ0) is 35.8. The van der Waals surface area contributed by atoms with Gasteiger partial charge < -0.3 is 15.4 Å². The summed E-state index contributed by atoms with van der Waals surface area (Å²) in [6, 6.07) is 7.82. The molecule has 1 aromatic carbocycles. The second-order valence-corrected chi connectivity index (χ2v) is 12.3. The molecule has 1 fully saturated rings. The fourth-order valence-corrected chi connectivity index (χ4v) is 5.64. The number of pyridine rings is 2. The summed E-state index contributed by atoms with van der Waals surface area (Å²) in [7, 11) is 0. The van der Waals surface area contributed by atoms with Gasteiger partial charge in [0, 0.05) is 62.7 Å². The largest absolute Gasteiger partial charge is 0.379 e. The molecule has 0 unspecified atom stereocenters. The predicted molar refractivity (Wildman–Crippen MR) is 197 cm³/mol. The molecule has 1 aliphatic rings. The third-order valence-electron chi connectivity index (χ3n) is 8.23. The zero-order valence-electron chi connectivity index (χ0n) is 29.5. The van der Waals surface area contributed by atoms with E-state index in [-0.39, 0.29) is 11.5 Å². The van der Waals surface area contributed by atoms with Crippen LogP contribution in [0.2, 0.25) is 5.02 Å². The van der Waals surface area contributed by atoms with E-state index in [1.54, 1.807) is 12.3 Å². The molecule has 0 atom stereocenters. The van der Waals surface area contributed by atoms with Crippen molar-refractivity contribution in [2.75, 3.05) is 52.5 Å². The third-order valence-corrected chi connectivity index (χ3v) is 8.73. The van der Waals surface area contributed by atoms with Crippen molar-refractivity contribution in [3.05, 3.63) is 87.4 Å². The highest BCUT2D eigenvalue weighted by molar-refractivity contribution is 6.32. The lowest BCUT2D eigenvalue weighted by molar-refractivity contribution is 0.0929. The molecule has 49 heavy (non-hydrogen) atoms. The Balaban J connectivity index is 0.000000501. The van der Waals surface area contributed by atoms with Crippen LogP contribution in [-0.4, -0.2) is 78.1 Å². The molecular weight excluding hydrogens is 644 g/mol. The fourth-order valence-electron chi connectivity index (χ4n) is 5.41. The smallest absolute Gasteiger partial charge is 0.151 e. The number of fused-ring (bicyclic) bond motifs is 1. The molecule has 8 nitrogen and oxygen atoms in total. The minimum Gasteiger partial charge on any atom is -0.379 e. The number of allylic oxidation sites excluding steroid dienone is 3. The molecule has 0 spiro atoms. The Kier molecular flexibility index (Phi) is 16.8. The fraction of sp³-hybridized carbons (Fsp3) is 0.474. The summed E-state index contributed by atoms with van der Waals surface area (Å²) in [5, 5.41) is 9.08. The number of aryl methyl sites for hydroxylation is 3. The van der Waals surface area contributed by atoms with Crippen LogP contribution in [-0.2, 0) is 17.6 Å². The van der Waals surface area contributed by atoms with Gasteiger partial charge in [-0.3, -0.25) is 4.90 Å². The summed E-state index contributed by atoms with van der Waals surface area (Å²) in [4.78, 5) is 18.7. The summed E-state index contributed by atoms with van der Waals surface area (Å²) in [5.41, 5.74) is 10.3. The van der Waals surface area contributed by atoms with Crippen molar-refractivity contribution in [3.63, 3.8) is 0 Å². The predicted octanol–water partition coefficient (Wildman–Crippen LogP) is 7.65. The van der Waals surface area contributed by atoms with Crippen LogP contribution in [0.4, 0.5) is 8.78 Å². The van der Waals surface area contributed by atoms with Gasteiger partial charge in [-0.15, -0.1) is 0 Å². The maximum Gasteiger partial charge on any atom is 0.151 e. The molecule has 1 saturated heterocycles. The maximum absolute atomic E-state index is 15.4. The molecule has 1 aliphatic heterocycles. The van der Waals surface area contributed by atoms with Gasteiger partial charge in [-0.1, -0.05) is 57.4 Å². The van der Waals surface area contributed by atoms with Crippen molar-refractivity contribution in [1.29, 1.82) is 5.26 Å². The van der Waals surface area contributed by atoms with Crippen LogP contribution in [0.25, 0.3) is 16.6 Å². The second-order valence-electron chi connectivity index (χ2n) is 11.9. The summed E-state index contributed by atoms with van der Waals surface area (Å²) < 4.78 is 33.7. The van der Waals surface area contributed by atoms with Crippen molar-refractivity contribution in [2.24, 2.45) is 10.7 Å². The topological polar surface area (TPSA) is 104 Å². The van der Waals surface area contributed by atoms with E-state index in [4.69, 9.17) is 37.3 Å². The number of aliphatic imine (C=N–C) groups is 1. The Morgan fingerprint density at radius 1 is 1.08 bits per heavy atom. The van der Waals surface area contributed by atoms with Gasteiger partial charge >= 0.3 is 0 Å². The minimum absolute atomic E-state index is 0.230. The molecule has 3 heterocycles. The van der Waals surface area contributed by atoms with E-state index in [1.807, 2.05) is 39.0 Å². The molecule has 0 radical (unpaired) electrons. The van der Waals surface area contributed by atoms with Gasteiger partial charge in [0.2, 0.25) is 0 Å². The molecule has 3 aromatic rings. The van der Waals surface area contributed by atoms with E-state index in [2.05, 4.69) is 28.6 Å². The molecular formula is C38H50ClF2N7O. The highest BCUT2D eigenvalue weighted by Gasteiger charge is 2.19. The van der Waals surface area contributed by atoms with E-state index in [0.29, 0.717) is 64.6 Å². The monoisotopic (exact) mass is 693 g/mol. The van der Waals surface area contributed by atoms with Gasteiger partial charge in [0.05, 0.1) is 46.6 Å². The Morgan fingerprint density at radius 3 is 2.49 bits per heavy atom. The molecule has 0 aliphatic carbocycles. The van der Waals surface area contributed by atoms with E-state index >= 15 is 4.39 Å². The first-order chi connectivity index (χ1) is 23.7. The van der Waals surface area contributed by atoms with Crippen molar-refractivity contribution in [3.8, 4) is 6.07 Å². The molecule has 0 amide bonds. The number of benzene rings is 1. The molecule has 4 rings (SSSR count). The number of rotatable bonds is 13. The number of amidine groups is 1. The molecule has 0 bridgehead atoms. The number of piperazine rings is 1. The lowest BCUT2D eigenvalue weighted by Crippen LogP contribution is -2.48. The lowest BCUT2D eigenvalue weighted by atomic mass is 10.1. The van der Waals surface area contributed by atoms with Crippen LogP contribution in [0, 0.1) is 29.9 Å². The number of nitrogens with two attached hydrogens (primary N) is 1. The first kappa shape index (κ1) is 39.7. The number of hydrogen-bond donors (Lipinski definition) is 1. The summed E-state index contributed by atoms with van der Waals surface area (Å²) in [6.45, 7) is 16.3. The average Bonchev–Trinajstić information content (AvgIpc) is 3.11. The van der Waals surface area contributed by atoms with Gasteiger partial charge in [-0.25, -0.2) is 23.7 Å². The van der Waals surface area contributed by atoms with Crippen molar-refractivity contribution >= 4 is 34.0 Å². The number of nitrogens with zero attached hydrogens (tertiary/aromatic N) is 6. The highest BCUT2D eigenvalue weighted by atomic mass is 35.5. The zero-order valence-corrected chi connectivity index (χ0v) is 30.3. The quantitative estimate of drug-likeness (QED) is 0.0849. The Hall–Kier alpha value is -3.75. The van der Waals surface area contributed by atoms with Crippen molar-refractivity contribution in [2.45, 2.75) is 66.7 Å². The molecule has 264 valence electrons. The van der Waals surface area contributed by atoms with Crippen LogP contribution in [0.3, 0.4) is 0 Å². The number of halogens is 3. The van der Waals surface area contributed by atoms with Crippen LogP contribution in [0.15, 0.2) is 47.6 Å². The van der Waals surface area contributed by atoms with E-state index < -0.39 is 5.82 Å². The second kappa shape index (κ2) is 20.7. The summed E-state index contributed by atoms with van der Waals surface area (Å²) >= 11 is 6.60. The Morgan fingerprint density at radius 2 is 1.84 bits per heavy atom. The number of aromatic nitrogens is 2. The van der Waals surface area contributed by atoms with Gasteiger partial charge in [0.1, 0.15) is 17.3 Å². The number of ether oxygens (including phenoxy) is 1. The van der Waals surface area contributed by atoms with Gasteiger partial charge in [-0.2, -0.15) is 5.26 Å².